The number of ketones is 1. The van der Waals surface area contributed by atoms with Crippen molar-refractivity contribution in [3.63, 3.8) is 0 Å². The van der Waals surface area contributed by atoms with E-state index in [0.29, 0.717) is 19.4 Å². The largest absolute Gasteiger partial charge is 0.457 e. The average Bonchev–Trinajstić information content (AvgIpc) is 3.05. The van der Waals surface area contributed by atoms with Gasteiger partial charge in [-0.15, -0.1) is 5.73 Å². The Morgan fingerprint density at radius 1 is 1.24 bits per heavy atom. The number of hydrogen-bond acceptors (Lipinski definition) is 7. The minimum atomic E-state index is -1.02. The molecule has 2 aliphatic heterocycles. The van der Waals surface area contributed by atoms with E-state index in [4.69, 9.17) is 14.2 Å². The Kier molecular flexibility index (Phi) is 8.27. The zero-order chi connectivity index (χ0) is 24.2. The lowest BCUT2D eigenvalue weighted by molar-refractivity contribution is -0.161. The summed E-state index contributed by atoms with van der Waals surface area (Å²) in [5, 5.41) is 9.78. The Hall–Kier alpha value is -2.28. The van der Waals surface area contributed by atoms with Gasteiger partial charge in [0.05, 0.1) is 24.2 Å². The van der Waals surface area contributed by atoms with E-state index in [0.717, 1.165) is 11.1 Å². The van der Waals surface area contributed by atoms with Crippen LogP contribution in [0.1, 0.15) is 53.0 Å². The van der Waals surface area contributed by atoms with Gasteiger partial charge in [0.2, 0.25) is 0 Å². The van der Waals surface area contributed by atoms with Crippen molar-refractivity contribution >= 4 is 11.8 Å². The number of rotatable bonds is 5. The molecule has 2 heterocycles. The van der Waals surface area contributed by atoms with Gasteiger partial charge in [0, 0.05) is 5.57 Å². The zero-order valence-electron chi connectivity index (χ0n) is 20.0. The summed E-state index contributed by atoms with van der Waals surface area (Å²) in [5.41, 5.74) is 6.21. The number of benzene rings is 1. The van der Waals surface area contributed by atoms with Crippen LogP contribution in [0.25, 0.3) is 0 Å². The topological polar surface area (TPSA) is 94.1 Å². The van der Waals surface area contributed by atoms with E-state index >= 15 is 0 Å². The highest BCUT2D eigenvalue weighted by Crippen LogP contribution is 2.38. The first-order valence-electron chi connectivity index (χ1n) is 11.6. The fourth-order valence-electron chi connectivity index (χ4n) is 4.65. The van der Waals surface area contributed by atoms with Crippen molar-refractivity contribution < 1.29 is 29.0 Å². The summed E-state index contributed by atoms with van der Waals surface area (Å²) in [6.07, 6.45) is 1.06. The molecule has 1 saturated heterocycles. The van der Waals surface area contributed by atoms with E-state index in [2.05, 4.69) is 11.2 Å². The van der Waals surface area contributed by atoms with Gasteiger partial charge in [0.1, 0.15) is 18.2 Å². The van der Waals surface area contributed by atoms with Crippen LogP contribution >= 0.6 is 0 Å². The number of esters is 1. The van der Waals surface area contributed by atoms with Crippen molar-refractivity contribution in [2.45, 2.75) is 84.0 Å². The third-order valence-electron chi connectivity index (χ3n) is 6.69. The maximum Gasteiger partial charge on any atom is 0.312 e. The van der Waals surface area contributed by atoms with Crippen LogP contribution in [0, 0.1) is 11.8 Å². The molecule has 0 saturated carbocycles. The number of hydroxylamine groups is 1. The lowest BCUT2D eigenvalue weighted by atomic mass is 9.83. The van der Waals surface area contributed by atoms with Crippen LogP contribution in [0.3, 0.4) is 0 Å². The Morgan fingerprint density at radius 3 is 2.58 bits per heavy atom. The molecule has 7 nitrogen and oxygen atoms in total. The molecule has 0 amide bonds. The lowest BCUT2D eigenvalue weighted by Crippen LogP contribution is -2.49. The van der Waals surface area contributed by atoms with Crippen LogP contribution in [-0.4, -0.2) is 46.9 Å². The molecule has 2 N–H and O–H groups in total. The van der Waals surface area contributed by atoms with E-state index in [1.807, 2.05) is 57.2 Å². The minimum Gasteiger partial charge on any atom is -0.457 e. The first-order chi connectivity index (χ1) is 15.7. The van der Waals surface area contributed by atoms with Crippen molar-refractivity contribution in [2.75, 3.05) is 0 Å². The highest BCUT2D eigenvalue weighted by atomic mass is 16.6. The van der Waals surface area contributed by atoms with Gasteiger partial charge in [-0.1, -0.05) is 44.2 Å². The summed E-state index contributed by atoms with van der Waals surface area (Å²) in [7, 11) is 0. The number of carbonyl (C=O) groups is 2. The maximum atomic E-state index is 13.1. The molecule has 1 aromatic rings. The van der Waals surface area contributed by atoms with Gasteiger partial charge in [-0.25, -0.2) is 0 Å². The van der Waals surface area contributed by atoms with Crippen molar-refractivity contribution in [3.8, 4) is 0 Å². The monoisotopic (exact) mass is 457 g/mol. The third kappa shape index (κ3) is 5.62. The van der Waals surface area contributed by atoms with E-state index < -0.39 is 35.7 Å². The van der Waals surface area contributed by atoms with E-state index in [1.165, 1.54) is 0 Å². The highest BCUT2D eigenvalue weighted by Gasteiger charge is 2.55. The van der Waals surface area contributed by atoms with Crippen molar-refractivity contribution in [1.82, 2.24) is 5.48 Å². The molecule has 1 fully saturated rings. The summed E-state index contributed by atoms with van der Waals surface area (Å²) in [6.45, 7) is 9.64. The standard InChI is InChI=1S/C26H35NO6/c1-6-20-16(2)12-13-21(31-15-19-10-8-7-9-11-19)17(3)14-26(5)24(27-30)22(28)23(33-26)18(4)25(29)32-20/h7-11,13,17-18,20-21,23-24,27,30H,6,14-15H2,1-5H3/t12?,17-,18-,20-,21-,23-,24?,26+/m1/s1. The van der Waals surface area contributed by atoms with Gasteiger partial charge in [-0.05, 0) is 51.2 Å². The fraction of sp³-hybridized carbons (Fsp3) is 0.577. The van der Waals surface area contributed by atoms with Crippen molar-refractivity contribution in [2.24, 2.45) is 11.8 Å². The molecule has 33 heavy (non-hydrogen) atoms. The molecule has 180 valence electrons. The quantitative estimate of drug-likeness (QED) is 0.395. The minimum absolute atomic E-state index is 0.0748. The van der Waals surface area contributed by atoms with Crippen LogP contribution in [0.2, 0.25) is 0 Å². The zero-order valence-corrected chi connectivity index (χ0v) is 20.0. The van der Waals surface area contributed by atoms with Gasteiger partial charge in [0.15, 0.2) is 5.78 Å². The van der Waals surface area contributed by atoms with Gasteiger partial charge in [-0.2, -0.15) is 5.48 Å². The second-order valence-corrected chi connectivity index (χ2v) is 9.37. The second-order valence-electron chi connectivity index (χ2n) is 9.37. The number of fused-ring (bicyclic) bond motifs is 2. The predicted octanol–water partition coefficient (Wildman–Crippen LogP) is 3.74. The van der Waals surface area contributed by atoms with Crippen LogP contribution < -0.4 is 5.48 Å². The summed E-state index contributed by atoms with van der Waals surface area (Å²) in [5.74, 6) is -1.74. The van der Waals surface area contributed by atoms with Gasteiger partial charge < -0.3 is 19.4 Å². The Balaban J connectivity index is 1.97. The second kappa shape index (κ2) is 10.8. The fourth-order valence-corrected chi connectivity index (χ4v) is 4.65. The number of Topliss-reactive ketones (excluding diaryl/α,β-unsaturated/α-hetero) is 1. The number of carbonyl (C=O) groups excluding carboxylic acids is 2. The van der Waals surface area contributed by atoms with Crippen LogP contribution in [-0.2, 0) is 30.4 Å². The smallest absolute Gasteiger partial charge is 0.312 e. The number of cyclic esters (lactones) is 1. The molecule has 1 aromatic carbocycles. The molecular weight excluding hydrogens is 422 g/mol. The van der Waals surface area contributed by atoms with Gasteiger partial charge in [-0.3, -0.25) is 9.59 Å². The Morgan fingerprint density at radius 2 is 1.94 bits per heavy atom. The number of nitrogens with one attached hydrogen (secondary N) is 1. The molecule has 7 atom stereocenters. The lowest BCUT2D eigenvalue weighted by Gasteiger charge is -2.33. The molecule has 3 rings (SSSR count). The molecule has 0 aromatic heterocycles. The normalized spacial score (nSPS) is 35.3. The number of hydrogen-bond donors (Lipinski definition) is 2. The van der Waals surface area contributed by atoms with E-state index in [-0.39, 0.29) is 17.8 Å². The van der Waals surface area contributed by atoms with Crippen LogP contribution in [0.5, 0.6) is 0 Å². The van der Waals surface area contributed by atoms with Crippen molar-refractivity contribution in [1.29, 1.82) is 0 Å². The molecule has 2 aliphatic rings. The summed E-state index contributed by atoms with van der Waals surface area (Å²) < 4.78 is 18.1. The van der Waals surface area contributed by atoms with E-state index in [1.54, 1.807) is 13.8 Å². The molecule has 0 radical (unpaired) electrons. The van der Waals surface area contributed by atoms with Gasteiger partial charge >= 0.3 is 5.97 Å². The summed E-state index contributed by atoms with van der Waals surface area (Å²) >= 11 is 0. The summed E-state index contributed by atoms with van der Waals surface area (Å²) in [4.78, 5) is 25.9. The van der Waals surface area contributed by atoms with Crippen LogP contribution in [0.15, 0.2) is 47.7 Å². The molecule has 7 heteroatoms. The maximum absolute atomic E-state index is 13.1. The molecule has 1 unspecified atom stereocenters. The molecule has 0 aliphatic carbocycles. The first-order valence-corrected chi connectivity index (χ1v) is 11.6. The first kappa shape index (κ1) is 25.3. The van der Waals surface area contributed by atoms with Gasteiger partial charge in [0.25, 0.3) is 0 Å². The SMILES string of the molecule is CC[C@H]1OC(=O)[C@H](C)[C@H]2O[C@@](C)(C[C@@H](C)[C@H](OCc3ccccc3)C=C=C1C)C(NO)C2=O. The van der Waals surface area contributed by atoms with Crippen LogP contribution in [0.4, 0.5) is 0 Å². The third-order valence-corrected chi connectivity index (χ3v) is 6.69. The Labute approximate surface area is 195 Å². The van der Waals surface area contributed by atoms with E-state index in [9.17, 15) is 14.8 Å². The highest BCUT2D eigenvalue weighted by molar-refractivity contribution is 5.95. The predicted molar refractivity (Wildman–Crippen MR) is 122 cm³/mol. The number of ether oxygens (including phenoxy) is 3. The Bertz CT molecular complexity index is 909. The van der Waals surface area contributed by atoms with Crippen molar-refractivity contribution in [3.05, 3.63) is 53.3 Å². The molecular formula is C26H35NO6. The average molecular weight is 458 g/mol. The molecule has 2 bridgehead atoms. The molecule has 0 spiro atoms. The summed E-state index contributed by atoms with van der Waals surface area (Å²) in [6, 6.07) is 8.92.